The molecular formula is C23H25N5O2. The van der Waals surface area contributed by atoms with Gasteiger partial charge in [0.25, 0.3) is 5.91 Å². The molecular weight excluding hydrogens is 378 g/mol. The molecule has 1 aliphatic carbocycles. The van der Waals surface area contributed by atoms with Crippen molar-refractivity contribution in [3.05, 3.63) is 65.4 Å². The molecule has 0 radical (unpaired) electrons. The van der Waals surface area contributed by atoms with Crippen molar-refractivity contribution < 1.29 is 9.90 Å². The van der Waals surface area contributed by atoms with Crippen molar-refractivity contribution in [2.24, 2.45) is 0 Å². The SMILES string of the molecule is O=C(c1cn2cc(C3CC3)ncc2n1)N1CC[C@]2(Cc3ccccc3CN2)[C@H](O)C1. The molecule has 2 fully saturated rings. The van der Waals surface area contributed by atoms with Crippen LogP contribution in [0.25, 0.3) is 5.65 Å². The van der Waals surface area contributed by atoms with Crippen LogP contribution in [0.1, 0.15) is 52.5 Å². The van der Waals surface area contributed by atoms with E-state index in [1.54, 1.807) is 17.3 Å². The Kier molecular flexibility index (Phi) is 3.98. The van der Waals surface area contributed by atoms with Crippen molar-refractivity contribution in [3.63, 3.8) is 0 Å². The summed E-state index contributed by atoms with van der Waals surface area (Å²) in [5.74, 6) is 0.425. The number of aliphatic hydroxyl groups is 1. The van der Waals surface area contributed by atoms with Crippen LogP contribution >= 0.6 is 0 Å². The highest BCUT2D eigenvalue weighted by Gasteiger charge is 2.45. The number of β-amino-alcohol motifs (C(OH)–C–C–N with tert-alkyl or cyclic N) is 1. The van der Waals surface area contributed by atoms with Gasteiger partial charge in [-0.25, -0.2) is 4.98 Å². The van der Waals surface area contributed by atoms with Gasteiger partial charge in [0.05, 0.1) is 23.5 Å². The predicted molar refractivity (Wildman–Crippen MR) is 111 cm³/mol. The molecule has 1 saturated carbocycles. The van der Waals surface area contributed by atoms with E-state index in [9.17, 15) is 9.90 Å². The molecule has 6 rings (SSSR count). The maximum Gasteiger partial charge on any atom is 0.274 e. The molecule has 30 heavy (non-hydrogen) atoms. The van der Waals surface area contributed by atoms with Gasteiger partial charge in [0.2, 0.25) is 0 Å². The molecule has 7 nitrogen and oxygen atoms in total. The van der Waals surface area contributed by atoms with Crippen molar-refractivity contribution in [1.82, 2.24) is 24.6 Å². The van der Waals surface area contributed by atoms with Gasteiger partial charge >= 0.3 is 0 Å². The molecule has 2 N–H and O–H groups in total. The van der Waals surface area contributed by atoms with E-state index < -0.39 is 6.10 Å². The summed E-state index contributed by atoms with van der Waals surface area (Å²) in [5, 5.41) is 14.6. The van der Waals surface area contributed by atoms with E-state index in [2.05, 4.69) is 33.5 Å². The van der Waals surface area contributed by atoms with Crippen molar-refractivity contribution in [1.29, 1.82) is 0 Å². The summed E-state index contributed by atoms with van der Waals surface area (Å²) >= 11 is 0. The van der Waals surface area contributed by atoms with E-state index in [-0.39, 0.29) is 11.4 Å². The standard InChI is InChI=1S/C23H25N5O2/c29-20-14-27(8-7-23(20)9-16-3-1-2-4-17(16)10-25-23)22(30)19-13-28-12-18(15-5-6-15)24-11-21(28)26-19/h1-4,11-13,15,20,25,29H,5-10,14H2/t20-,23+/m1/s1. The van der Waals surface area contributed by atoms with Crippen LogP contribution in [0.3, 0.4) is 0 Å². The average molecular weight is 403 g/mol. The number of amides is 1. The number of carbonyl (C=O) groups excluding carboxylic acids is 1. The first-order chi connectivity index (χ1) is 14.6. The van der Waals surface area contributed by atoms with Gasteiger partial charge in [-0.2, -0.15) is 0 Å². The van der Waals surface area contributed by atoms with Crippen LogP contribution < -0.4 is 5.32 Å². The zero-order valence-electron chi connectivity index (χ0n) is 16.8. The third-order valence-corrected chi connectivity index (χ3v) is 6.98. The largest absolute Gasteiger partial charge is 0.389 e. The number of nitrogens with one attached hydrogen (secondary N) is 1. The normalized spacial score (nSPS) is 26.2. The van der Waals surface area contributed by atoms with Crippen LogP contribution in [0.2, 0.25) is 0 Å². The van der Waals surface area contributed by atoms with Crippen LogP contribution in [0.15, 0.2) is 42.9 Å². The molecule has 2 aliphatic heterocycles. The maximum atomic E-state index is 13.1. The Morgan fingerprint density at radius 3 is 2.83 bits per heavy atom. The van der Waals surface area contributed by atoms with Gasteiger partial charge in [-0.05, 0) is 36.8 Å². The molecule has 0 bridgehead atoms. The molecule has 2 atom stereocenters. The minimum atomic E-state index is -0.622. The first-order valence-electron chi connectivity index (χ1n) is 10.8. The minimum Gasteiger partial charge on any atom is -0.389 e. The highest BCUT2D eigenvalue weighted by Crippen LogP contribution is 2.38. The van der Waals surface area contributed by atoms with Crippen LogP contribution in [-0.4, -0.2) is 55.0 Å². The summed E-state index contributed by atoms with van der Waals surface area (Å²) in [6.45, 7) is 1.67. The lowest BCUT2D eigenvalue weighted by molar-refractivity contribution is -0.0140. The molecule has 1 saturated heterocycles. The number of imidazole rings is 1. The van der Waals surface area contributed by atoms with Crippen molar-refractivity contribution in [2.75, 3.05) is 13.1 Å². The van der Waals surface area contributed by atoms with E-state index in [0.717, 1.165) is 25.1 Å². The number of aliphatic hydroxyl groups excluding tert-OH is 1. The number of piperidine rings is 1. The minimum absolute atomic E-state index is 0.128. The van der Waals surface area contributed by atoms with E-state index in [0.29, 0.717) is 30.3 Å². The van der Waals surface area contributed by atoms with Gasteiger partial charge in [-0.15, -0.1) is 0 Å². The van der Waals surface area contributed by atoms with Crippen LogP contribution in [0.5, 0.6) is 0 Å². The quantitative estimate of drug-likeness (QED) is 0.683. The van der Waals surface area contributed by atoms with Gasteiger partial charge in [0.1, 0.15) is 5.69 Å². The first-order valence-corrected chi connectivity index (χ1v) is 10.8. The summed E-state index contributed by atoms with van der Waals surface area (Å²) in [7, 11) is 0. The van der Waals surface area contributed by atoms with Gasteiger partial charge < -0.3 is 19.7 Å². The molecule has 1 aromatic carbocycles. The highest BCUT2D eigenvalue weighted by atomic mass is 16.3. The molecule has 7 heteroatoms. The second-order valence-electron chi connectivity index (χ2n) is 8.95. The summed E-state index contributed by atoms with van der Waals surface area (Å²) < 4.78 is 1.90. The van der Waals surface area contributed by atoms with Gasteiger partial charge in [-0.3, -0.25) is 9.78 Å². The van der Waals surface area contributed by atoms with E-state index in [1.807, 2.05) is 16.7 Å². The molecule has 0 unspecified atom stereocenters. The Morgan fingerprint density at radius 2 is 2.03 bits per heavy atom. The van der Waals surface area contributed by atoms with Crippen LogP contribution in [0, 0.1) is 0 Å². The topological polar surface area (TPSA) is 82.8 Å². The third kappa shape index (κ3) is 2.92. The Morgan fingerprint density at radius 1 is 1.20 bits per heavy atom. The number of fused-ring (bicyclic) bond motifs is 2. The first kappa shape index (κ1) is 18.0. The highest BCUT2D eigenvalue weighted by molar-refractivity contribution is 5.93. The van der Waals surface area contributed by atoms with Crippen molar-refractivity contribution >= 4 is 11.6 Å². The van der Waals surface area contributed by atoms with E-state index in [1.165, 1.54) is 24.0 Å². The lowest BCUT2D eigenvalue weighted by Gasteiger charge is -2.48. The van der Waals surface area contributed by atoms with Crippen molar-refractivity contribution in [2.45, 2.75) is 49.8 Å². The Balaban J connectivity index is 1.20. The molecule has 1 spiro atoms. The molecule has 3 aromatic rings. The van der Waals surface area contributed by atoms with Gasteiger partial charge in [-0.1, -0.05) is 24.3 Å². The number of hydrogen-bond acceptors (Lipinski definition) is 5. The molecule has 154 valence electrons. The number of rotatable bonds is 2. The molecule has 1 amide bonds. The number of nitrogens with zero attached hydrogens (tertiary/aromatic N) is 4. The maximum absolute atomic E-state index is 13.1. The molecule has 3 aliphatic rings. The van der Waals surface area contributed by atoms with E-state index >= 15 is 0 Å². The summed E-state index contributed by atoms with van der Waals surface area (Å²) in [5.41, 5.74) is 4.37. The van der Waals surface area contributed by atoms with Crippen molar-refractivity contribution in [3.8, 4) is 0 Å². The third-order valence-electron chi connectivity index (χ3n) is 6.98. The molecule has 4 heterocycles. The number of aromatic nitrogens is 3. The smallest absolute Gasteiger partial charge is 0.274 e. The fourth-order valence-electron chi connectivity index (χ4n) is 4.92. The fraction of sp³-hybridized carbons (Fsp3) is 0.435. The summed E-state index contributed by atoms with van der Waals surface area (Å²) in [4.78, 5) is 23.8. The summed E-state index contributed by atoms with van der Waals surface area (Å²) in [6.07, 6.45) is 8.77. The monoisotopic (exact) mass is 403 g/mol. The number of benzene rings is 1. The Bertz CT molecular complexity index is 1140. The summed E-state index contributed by atoms with van der Waals surface area (Å²) in [6, 6.07) is 8.37. The lowest BCUT2D eigenvalue weighted by Crippen LogP contribution is -2.65. The molecule has 2 aromatic heterocycles. The second-order valence-corrected chi connectivity index (χ2v) is 8.95. The zero-order chi connectivity index (χ0) is 20.3. The van der Waals surface area contributed by atoms with E-state index in [4.69, 9.17) is 0 Å². The lowest BCUT2D eigenvalue weighted by atomic mass is 9.76. The van der Waals surface area contributed by atoms with Gasteiger partial charge in [0, 0.05) is 37.9 Å². The average Bonchev–Trinajstić information content (AvgIpc) is 3.53. The zero-order valence-corrected chi connectivity index (χ0v) is 16.8. The number of carbonyl (C=O) groups is 1. The number of hydrogen-bond donors (Lipinski definition) is 2. The fourth-order valence-corrected chi connectivity index (χ4v) is 4.92. The van der Waals surface area contributed by atoms with Crippen LogP contribution in [-0.2, 0) is 13.0 Å². The number of likely N-dealkylation sites (tertiary alicyclic amines) is 1. The van der Waals surface area contributed by atoms with Gasteiger partial charge in [0.15, 0.2) is 5.65 Å². The predicted octanol–water partition coefficient (Wildman–Crippen LogP) is 1.90. The Hall–Kier alpha value is -2.77. The Labute approximate surface area is 174 Å². The second kappa shape index (κ2) is 6.62. The van der Waals surface area contributed by atoms with Crippen LogP contribution in [0.4, 0.5) is 0 Å².